The minimum absolute atomic E-state index is 0.101. The van der Waals surface area contributed by atoms with Gasteiger partial charge in [0, 0.05) is 19.3 Å². The van der Waals surface area contributed by atoms with E-state index in [0.717, 1.165) is 116 Å². The molecule has 0 bridgehead atoms. The molecule has 81 heavy (non-hydrogen) atoms. The molecular weight excluding hydrogens is 997 g/mol. The minimum Gasteiger partial charge on any atom is -0.462 e. The number of carbonyl (C=O) groups excluding carboxylic acids is 3. The Hall–Kier alpha value is -4.45. The van der Waals surface area contributed by atoms with Gasteiger partial charge in [-0.3, -0.25) is 14.4 Å². The van der Waals surface area contributed by atoms with Gasteiger partial charge in [-0.25, -0.2) is 0 Å². The highest BCUT2D eigenvalue weighted by Crippen LogP contribution is 2.16. The lowest BCUT2D eigenvalue weighted by atomic mass is 10.1. The second-order valence-electron chi connectivity index (χ2n) is 22.0. The van der Waals surface area contributed by atoms with E-state index in [1.54, 1.807) is 0 Å². The number of hydrogen-bond donors (Lipinski definition) is 0. The second kappa shape index (κ2) is 68.1. The summed E-state index contributed by atoms with van der Waals surface area (Å²) < 4.78 is 16.9. The first-order valence-corrected chi connectivity index (χ1v) is 33.7. The van der Waals surface area contributed by atoms with E-state index in [1.807, 2.05) is 0 Å². The molecule has 6 nitrogen and oxygen atoms in total. The quantitative estimate of drug-likeness (QED) is 0.0261. The summed E-state index contributed by atoms with van der Waals surface area (Å²) in [5.74, 6) is -0.944. The Labute approximate surface area is 500 Å². The summed E-state index contributed by atoms with van der Waals surface area (Å²) in [4.78, 5) is 38.4. The molecule has 0 rings (SSSR count). The number of unbranched alkanes of at least 4 members (excludes halogenated alkanes) is 27. The molecule has 460 valence electrons. The van der Waals surface area contributed by atoms with Crippen LogP contribution in [0.4, 0.5) is 0 Å². The zero-order valence-electron chi connectivity index (χ0n) is 52.8. The molecule has 0 radical (unpaired) electrons. The molecule has 0 heterocycles. The number of carbonyl (C=O) groups is 3. The molecule has 0 spiro atoms. The number of rotatable bonds is 60. The summed E-state index contributed by atoms with van der Waals surface area (Å²) in [6.07, 6.45) is 96.0. The van der Waals surface area contributed by atoms with E-state index in [9.17, 15) is 14.4 Å². The van der Waals surface area contributed by atoms with Crippen molar-refractivity contribution in [3.8, 4) is 0 Å². The molecule has 0 amide bonds. The highest BCUT2D eigenvalue weighted by Gasteiger charge is 2.19. The van der Waals surface area contributed by atoms with Gasteiger partial charge in [0.25, 0.3) is 0 Å². The molecule has 1 atom stereocenters. The fraction of sp³-hybridized carbons (Fsp3) is 0.667. The predicted molar refractivity (Wildman–Crippen MR) is 353 cm³/mol. The molecule has 1 unspecified atom stereocenters. The van der Waals surface area contributed by atoms with Crippen molar-refractivity contribution in [2.45, 2.75) is 309 Å². The van der Waals surface area contributed by atoms with Crippen LogP contribution in [0, 0.1) is 0 Å². The Morgan fingerprint density at radius 1 is 0.259 bits per heavy atom. The molecule has 0 aliphatic carbocycles. The van der Waals surface area contributed by atoms with E-state index in [2.05, 4.69) is 154 Å². The predicted octanol–water partition coefficient (Wildman–Crippen LogP) is 23.3. The van der Waals surface area contributed by atoms with Gasteiger partial charge in [-0.15, -0.1) is 0 Å². The lowest BCUT2D eigenvalue weighted by molar-refractivity contribution is -0.167. The summed E-state index contributed by atoms with van der Waals surface area (Å²) in [7, 11) is 0. The first kappa shape index (κ1) is 76.5. The van der Waals surface area contributed by atoms with Crippen molar-refractivity contribution < 1.29 is 28.6 Å². The third kappa shape index (κ3) is 66.2. The molecular formula is C75H124O6. The van der Waals surface area contributed by atoms with E-state index >= 15 is 0 Å². The van der Waals surface area contributed by atoms with Gasteiger partial charge in [0.15, 0.2) is 6.10 Å². The van der Waals surface area contributed by atoms with Crippen LogP contribution >= 0.6 is 0 Å². The van der Waals surface area contributed by atoms with Crippen molar-refractivity contribution in [1.29, 1.82) is 0 Å². The molecule has 0 aromatic carbocycles. The zero-order valence-corrected chi connectivity index (χ0v) is 52.8. The number of allylic oxidation sites excluding steroid dienone is 22. The first-order valence-electron chi connectivity index (χ1n) is 33.7. The molecule has 0 saturated carbocycles. The van der Waals surface area contributed by atoms with E-state index in [4.69, 9.17) is 14.2 Å². The fourth-order valence-corrected chi connectivity index (χ4v) is 9.14. The van der Waals surface area contributed by atoms with Crippen LogP contribution < -0.4 is 0 Å². The standard InChI is InChI=1S/C75H124O6/c1-4-7-10-13-16-19-22-25-28-31-34-36-37-39-41-44-47-50-53-56-59-62-65-68-74(77)80-71-72(70-79-73(76)67-64-61-58-55-52-49-46-43-40-33-30-27-24-21-18-15-12-9-6-3)81-75(78)69-66-63-60-57-54-51-48-45-42-38-35-32-29-26-23-20-17-14-11-8-5-2/h7-8,10-11,16-17,19-20,25-30,34-36,38,45,48,54,57,72H,4-6,9,12-15,18,21-24,31-33,37,39-44,46-47,49-53,55-56,58-71H2,1-3H3/b10-7-,11-8-,19-16-,20-17-,28-25-,29-26-,30-27-,36-34-,38-35-,48-45-,57-54-. The van der Waals surface area contributed by atoms with Gasteiger partial charge >= 0.3 is 17.9 Å². The summed E-state index contributed by atoms with van der Waals surface area (Å²) in [5, 5.41) is 0. The van der Waals surface area contributed by atoms with Crippen molar-refractivity contribution in [3.63, 3.8) is 0 Å². The second-order valence-corrected chi connectivity index (χ2v) is 22.0. The van der Waals surface area contributed by atoms with E-state index < -0.39 is 6.10 Å². The Bertz CT molecular complexity index is 1720. The SMILES string of the molecule is CC/C=C\C/C=C\C/C=C\C/C=C\C/C=C\C/C=C\CCCCC(=O)OC(COC(=O)CCCCCCCCCCC/C=C\CCCCCCCC)COC(=O)CCCCCCCCCCCC/C=C\C/C=C\C/C=C\C/C=C\CC. The minimum atomic E-state index is -0.811. The van der Waals surface area contributed by atoms with Crippen LogP contribution in [0.25, 0.3) is 0 Å². The summed E-state index contributed by atoms with van der Waals surface area (Å²) >= 11 is 0. The third-order valence-electron chi connectivity index (χ3n) is 14.1. The Balaban J connectivity index is 4.47. The van der Waals surface area contributed by atoms with Gasteiger partial charge in [-0.1, -0.05) is 283 Å². The molecule has 0 N–H and O–H groups in total. The first-order chi connectivity index (χ1) is 40.0. The molecule has 0 aliphatic heterocycles. The Morgan fingerprint density at radius 3 is 0.790 bits per heavy atom. The zero-order chi connectivity index (χ0) is 58.5. The monoisotopic (exact) mass is 1120 g/mol. The highest BCUT2D eigenvalue weighted by molar-refractivity contribution is 5.71. The van der Waals surface area contributed by atoms with Crippen LogP contribution in [-0.2, 0) is 28.6 Å². The summed E-state index contributed by atoms with van der Waals surface area (Å²) in [6, 6.07) is 0. The van der Waals surface area contributed by atoms with Crippen molar-refractivity contribution in [2.24, 2.45) is 0 Å². The van der Waals surface area contributed by atoms with Crippen LogP contribution in [0.1, 0.15) is 303 Å². The van der Waals surface area contributed by atoms with Gasteiger partial charge in [0.1, 0.15) is 13.2 Å². The largest absolute Gasteiger partial charge is 0.462 e. The van der Waals surface area contributed by atoms with Crippen LogP contribution in [-0.4, -0.2) is 37.2 Å². The smallest absolute Gasteiger partial charge is 0.306 e. The average Bonchev–Trinajstić information content (AvgIpc) is 3.47. The van der Waals surface area contributed by atoms with Crippen LogP contribution in [0.3, 0.4) is 0 Å². The molecule has 0 aromatic rings. The van der Waals surface area contributed by atoms with Gasteiger partial charge < -0.3 is 14.2 Å². The Morgan fingerprint density at radius 2 is 0.481 bits per heavy atom. The van der Waals surface area contributed by atoms with Crippen LogP contribution in [0.2, 0.25) is 0 Å². The molecule has 0 aliphatic rings. The maximum absolute atomic E-state index is 12.9. The third-order valence-corrected chi connectivity index (χ3v) is 14.1. The fourth-order valence-electron chi connectivity index (χ4n) is 9.14. The van der Waals surface area contributed by atoms with Gasteiger partial charge in [-0.05, 0) is 135 Å². The number of esters is 3. The molecule has 0 aromatic heterocycles. The van der Waals surface area contributed by atoms with Crippen molar-refractivity contribution in [1.82, 2.24) is 0 Å². The lowest BCUT2D eigenvalue weighted by Crippen LogP contribution is -2.30. The van der Waals surface area contributed by atoms with Crippen LogP contribution in [0.15, 0.2) is 134 Å². The molecule has 0 fully saturated rings. The summed E-state index contributed by atoms with van der Waals surface area (Å²) in [6.45, 7) is 6.39. The average molecular weight is 1120 g/mol. The van der Waals surface area contributed by atoms with E-state index in [0.29, 0.717) is 19.3 Å². The van der Waals surface area contributed by atoms with Gasteiger partial charge in [0.05, 0.1) is 0 Å². The maximum Gasteiger partial charge on any atom is 0.306 e. The van der Waals surface area contributed by atoms with Crippen molar-refractivity contribution >= 4 is 17.9 Å². The highest BCUT2D eigenvalue weighted by atomic mass is 16.6. The topological polar surface area (TPSA) is 78.9 Å². The normalized spacial score (nSPS) is 13.0. The molecule has 6 heteroatoms. The summed E-state index contributed by atoms with van der Waals surface area (Å²) in [5.41, 5.74) is 0. The Kier molecular flexibility index (Phi) is 64.3. The van der Waals surface area contributed by atoms with Gasteiger partial charge in [-0.2, -0.15) is 0 Å². The van der Waals surface area contributed by atoms with E-state index in [-0.39, 0.29) is 37.5 Å². The maximum atomic E-state index is 12.9. The lowest BCUT2D eigenvalue weighted by Gasteiger charge is -2.18. The molecule has 0 saturated heterocycles. The van der Waals surface area contributed by atoms with Crippen molar-refractivity contribution in [3.05, 3.63) is 134 Å². The van der Waals surface area contributed by atoms with Crippen molar-refractivity contribution in [2.75, 3.05) is 13.2 Å². The van der Waals surface area contributed by atoms with E-state index in [1.165, 1.54) is 141 Å². The number of ether oxygens (including phenoxy) is 3. The van der Waals surface area contributed by atoms with Crippen LogP contribution in [0.5, 0.6) is 0 Å². The van der Waals surface area contributed by atoms with Gasteiger partial charge in [0.2, 0.25) is 0 Å². The number of hydrogen-bond acceptors (Lipinski definition) is 6.